The molecular weight excluding hydrogens is 166 g/mol. The van der Waals surface area contributed by atoms with Crippen LogP contribution in [0, 0.1) is 0 Å². The molecule has 4 nitrogen and oxygen atoms in total. The molecule has 0 radical (unpaired) electrons. The van der Waals surface area contributed by atoms with E-state index in [4.69, 9.17) is 0 Å². The standard InChI is InChI=1S/C9H13N3O/c1-2-3-5-10-9(13)7-8-4-6-11-12-8/h2,4,6H,1,3,5,7H2,(H,10,13)(H,11,12). The smallest absolute Gasteiger partial charge is 0.226 e. The van der Waals surface area contributed by atoms with E-state index in [0.717, 1.165) is 12.1 Å². The van der Waals surface area contributed by atoms with Crippen LogP contribution < -0.4 is 5.32 Å². The molecule has 4 heteroatoms. The summed E-state index contributed by atoms with van der Waals surface area (Å²) in [6.45, 7) is 4.22. The van der Waals surface area contributed by atoms with Crippen LogP contribution in [-0.2, 0) is 11.2 Å². The van der Waals surface area contributed by atoms with Crippen molar-refractivity contribution in [2.24, 2.45) is 0 Å². The monoisotopic (exact) mass is 179 g/mol. The number of nitrogens with one attached hydrogen (secondary N) is 2. The van der Waals surface area contributed by atoms with E-state index in [0.29, 0.717) is 13.0 Å². The van der Waals surface area contributed by atoms with Crippen molar-refractivity contribution in [3.8, 4) is 0 Å². The molecule has 0 saturated carbocycles. The highest BCUT2D eigenvalue weighted by molar-refractivity contribution is 5.77. The Balaban J connectivity index is 2.22. The molecule has 0 aliphatic heterocycles. The molecule has 2 N–H and O–H groups in total. The van der Waals surface area contributed by atoms with E-state index < -0.39 is 0 Å². The van der Waals surface area contributed by atoms with Gasteiger partial charge in [-0.25, -0.2) is 0 Å². The number of H-pyrrole nitrogens is 1. The third kappa shape index (κ3) is 3.55. The molecule has 0 spiro atoms. The quantitative estimate of drug-likeness (QED) is 0.515. The van der Waals surface area contributed by atoms with Crippen molar-refractivity contribution in [2.75, 3.05) is 6.54 Å². The van der Waals surface area contributed by atoms with Crippen LogP contribution in [0.3, 0.4) is 0 Å². The molecule has 0 saturated heterocycles. The number of nitrogens with zero attached hydrogens (tertiary/aromatic N) is 1. The van der Waals surface area contributed by atoms with E-state index in [1.807, 2.05) is 0 Å². The highest BCUT2D eigenvalue weighted by atomic mass is 16.1. The maximum atomic E-state index is 11.2. The van der Waals surface area contributed by atoms with Crippen molar-refractivity contribution >= 4 is 5.91 Å². The number of aromatic nitrogens is 2. The molecule has 1 aromatic rings. The summed E-state index contributed by atoms with van der Waals surface area (Å²) in [5, 5.41) is 9.24. The second-order valence-corrected chi connectivity index (χ2v) is 2.69. The number of hydrogen-bond donors (Lipinski definition) is 2. The molecule has 1 aromatic heterocycles. The number of amides is 1. The van der Waals surface area contributed by atoms with E-state index in [1.54, 1.807) is 18.3 Å². The van der Waals surface area contributed by atoms with Crippen LogP contribution >= 0.6 is 0 Å². The first-order valence-electron chi connectivity index (χ1n) is 4.19. The zero-order valence-electron chi connectivity index (χ0n) is 7.42. The largest absolute Gasteiger partial charge is 0.355 e. The van der Waals surface area contributed by atoms with Gasteiger partial charge in [-0.05, 0) is 12.5 Å². The normalized spacial score (nSPS) is 9.54. The predicted molar refractivity (Wildman–Crippen MR) is 50.1 cm³/mol. The van der Waals surface area contributed by atoms with Crippen LogP contribution in [0.1, 0.15) is 12.1 Å². The summed E-state index contributed by atoms with van der Waals surface area (Å²) in [5.41, 5.74) is 0.830. The molecule has 0 unspecified atom stereocenters. The second-order valence-electron chi connectivity index (χ2n) is 2.69. The first kappa shape index (κ1) is 9.51. The Bertz CT molecular complexity index is 266. The van der Waals surface area contributed by atoms with Crippen molar-refractivity contribution in [1.29, 1.82) is 0 Å². The van der Waals surface area contributed by atoms with Gasteiger partial charge >= 0.3 is 0 Å². The minimum Gasteiger partial charge on any atom is -0.355 e. The predicted octanol–water partition coefficient (Wildman–Crippen LogP) is 0.644. The average Bonchev–Trinajstić information content (AvgIpc) is 2.57. The highest BCUT2D eigenvalue weighted by Crippen LogP contribution is 1.92. The van der Waals surface area contributed by atoms with Crippen molar-refractivity contribution in [1.82, 2.24) is 15.5 Å². The van der Waals surface area contributed by atoms with E-state index in [1.165, 1.54) is 0 Å². The van der Waals surface area contributed by atoms with Crippen LogP contribution in [0.15, 0.2) is 24.9 Å². The summed E-state index contributed by atoms with van der Waals surface area (Å²) in [5.74, 6) is 0.00565. The minimum absolute atomic E-state index is 0.00565. The van der Waals surface area contributed by atoms with E-state index >= 15 is 0 Å². The van der Waals surface area contributed by atoms with Gasteiger partial charge in [0.25, 0.3) is 0 Å². The Morgan fingerprint density at radius 1 is 1.77 bits per heavy atom. The lowest BCUT2D eigenvalue weighted by molar-refractivity contribution is -0.120. The van der Waals surface area contributed by atoms with E-state index in [-0.39, 0.29) is 5.91 Å². The van der Waals surface area contributed by atoms with E-state index in [2.05, 4.69) is 22.1 Å². The molecule has 0 fully saturated rings. The second kappa shape index (κ2) is 5.13. The fraction of sp³-hybridized carbons (Fsp3) is 0.333. The van der Waals surface area contributed by atoms with Gasteiger partial charge in [0.05, 0.1) is 6.42 Å². The van der Waals surface area contributed by atoms with E-state index in [9.17, 15) is 4.79 Å². The van der Waals surface area contributed by atoms with Crippen molar-refractivity contribution in [2.45, 2.75) is 12.8 Å². The van der Waals surface area contributed by atoms with Crippen LogP contribution in [0.2, 0.25) is 0 Å². The topological polar surface area (TPSA) is 57.8 Å². The highest BCUT2D eigenvalue weighted by Gasteiger charge is 2.02. The van der Waals surface area contributed by atoms with Gasteiger partial charge < -0.3 is 5.32 Å². The molecule has 0 bridgehead atoms. The number of rotatable bonds is 5. The molecular formula is C9H13N3O. The zero-order valence-corrected chi connectivity index (χ0v) is 7.42. The van der Waals surface area contributed by atoms with Gasteiger partial charge in [0, 0.05) is 18.4 Å². The maximum absolute atomic E-state index is 11.2. The number of hydrogen-bond acceptors (Lipinski definition) is 2. The van der Waals surface area contributed by atoms with Gasteiger partial charge in [0.1, 0.15) is 0 Å². The Kier molecular flexibility index (Phi) is 3.75. The van der Waals surface area contributed by atoms with Crippen LogP contribution in [-0.4, -0.2) is 22.6 Å². The Labute approximate surface area is 77.0 Å². The first-order chi connectivity index (χ1) is 6.33. The van der Waals surface area contributed by atoms with Gasteiger partial charge in [-0.3, -0.25) is 9.89 Å². The molecule has 0 aromatic carbocycles. The lowest BCUT2D eigenvalue weighted by Crippen LogP contribution is -2.25. The molecule has 0 aliphatic carbocycles. The van der Waals surface area contributed by atoms with Crippen LogP contribution in [0.25, 0.3) is 0 Å². The van der Waals surface area contributed by atoms with Crippen molar-refractivity contribution in [3.63, 3.8) is 0 Å². The summed E-state index contributed by atoms with van der Waals surface area (Å²) in [6, 6.07) is 1.78. The van der Waals surface area contributed by atoms with Gasteiger partial charge in [-0.1, -0.05) is 6.08 Å². The Morgan fingerprint density at radius 2 is 2.62 bits per heavy atom. The fourth-order valence-electron chi connectivity index (χ4n) is 0.932. The van der Waals surface area contributed by atoms with Gasteiger partial charge in [0.15, 0.2) is 0 Å². The molecule has 1 heterocycles. The molecule has 13 heavy (non-hydrogen) atoms. The van der Waals surface area contributed by atoms with Crippen LogP contribution in [0.4, 0.5) is 0 Å². The lowest BCUT2D eigenvalue weighted by atomic mass is 10.3. The van der Waals surface area contributed by atoms with Gasteiger partial charge in [0.2, 0.25) is 5.91 Å². The number of aromatic amines is 1. The maximum Gasteiger partial charge on any atom is 0.226 e. The van der Waals surface area contributed by atoms with Gasteiger partial charge in [-0.15, -0.1) is 6.58 Å². The van der Waals surface area contributed by atoms with Gasteiger partial charge in [-0.2, -0.15) is 5.10 Å². The summed E-state index contributed by atoms with van der Waals surface area (Å²) in [6.07, 6.45) is 4.56. The van der Waals surface area contributed by atoms with Crippen molar-refractivity contribution in [3.05, 3.63) is 30.6 Å². The van der Waals surface area contributed by atoms with Crippen LogP contribution in [0.5, 0.6) is 0 Å². The molecule has 1 rings (SSSR count). The minimum atomic E-state index is 0.00565. The zero-order chi connectivity index (χ0) is 9.52. The summed E-state index contributed by atoms with van der Waals surface area (Å²) >= 11 is 0. The van der Waals surface area contributed by atoms with Crippen molar-refractivity contribution < 1.29 is 4.79 Å². The average molecular weight is 179 g/mol. The summed E-state index contributed by atoms with van der Waals surface area (Å²) in [7, 11) is 0. The molecule has 0 aliphatic rings. The SMILES string of the molecule is C=CCCNC(=O)Cc1ccn[nH]1. The molecule has 0 atom stereocenters. The summed E-state index contributed by atoms with van der Waals surface area (Å²) < 4.78 is 0. The molecule has 1 amide bonds. The Morgan fingerprint density at radius 3 is 3.23 bits per heavy atom. The molecule has 70 valence electrons. The number of carbonyl (C=O) groups excluding carboxylic acids is 1. The fourth-order valence-corrected chi connectivity index (χ4v) is 0.932. The third-order valence-corrected chi connectivity index (χ3v) is 1.58. The third-order valence-electron chi connectivity index (χ3n) is 1.58. The Hall–Kier alpha value is -1.58. The lowest BCUT2D eigenvalue weighted by Gasteiger charge is -2.00. The number of carbonyl (C=O) groups is 1. The first-order valence-corrected chi connectivity index (χ1v) is 4.19. The summed E-state index contributed by atoms with van der Waals surface area (Å²) in [4.78, 5) is 11.2.